The number of ether oxygens (including phenoxy) is 1. The first-order chi connectivity index (χ1) is 11.3. The van der Waals surface area contributed by atoms with Crippen LogP contribution >= 0.6 is 0 Å². The van der Waals surface area contributed by atoms with Gasteiger partial charge in [-0.15, -0.1) is 0 Å². The van der Waals surface area contributed by atoms with E-state index in [0.29, 0.717) is 23.3 Å². The van der Waals surface area contributed by atoms with Gasteiger partial charge in [0.05, 0.1) is 12.2 Å². The van der Waals surface area contributed by atoms with Crippen molar-refractivity contribution in [3.8, 4) is 22.3 Å². The third-order valence-corrected chi connectivity index (χ3v) is 3.37. The number of aromatic nitrogens is 3. The largest absolute Gasteiger partial charge is 0.462 e. The number of carbonyl (C=O) groups excluding carboxylic acids is 1. The van der Waals surface area contributed by atoms with Crippen LogP contribution in [-0.2, 0) is 4.74 Å². The summed E-state index contributed by atoms with van der Waals surface area (Å²) in [5, 5.41) is 0. The van der Waals surface area contributed by atoms with Gasteiger partial charge >= 0.3 is 5.97 Å². The predicted molar refractivity (Wildman–Crippen MR) is 86.7 cm³/mol. The average Bonchev–Trinajstić information content (AvgIpc) is 2.63. The van der Waals surface area contributed by atoms with Crippen molar-refractivity contribution in [2.45, 2.75) is 6.92 Å². The molecule has 5 nitrogen and oxygen atoms in total. The third-order valence-electron chi connectivity index (χ3n) is 3.37. The highest BCUT2D eigenvalue weighted by Crippen LogP contribution is 2.31. The van der Waals surface area contributed by atoms with Crippen LogP contribution in [0.2, 0.25) is 0 Å². The molecule has 0 radical (unpaired) electrons. The molecule has 0 saturated heterocycles. The molecule has 0 aliphatic rings. The second-order valence-corrected chi connectivity index (χ2v) is 4.81. The van der Waals surface area contributed by atoms with Crippen molar-refractivity contribution in [2.24, 2.45) is 0 Å². The van der Waals surface area contributed by atoms with Gasteiger partial charge in [-0.3, -0.25) is 15.0 Å². The normalized spacial score (nSPS) is 10.3. The van der Waals surface area contributed by atoms with Crippen molar-refractivity contribution in [1.82, 2.24) is 15.0 Å². The number of carbonyl (C=O) groups is 1. The monoisotopic (exact) mass is 305 g/mol. The molecule has 0 aromatic carbocycles. The van der Waals surface area contributed by atoms with Crippen molar-refractivity contribution in [1.29, 1.82) is 0 Å². The lowest BCUT2D eigenvalue weighted by molar-refractivity contribution is 0.0528. The number of esters is 1. The van der Waals surface area contributed by atoms with E-state index in [1.807, 2.05) is 24.3 Å². The summed E-state index contributed by atoms with van der Waals surface area (Å²) in [5.41, 5.74) is 3.49. The molecule has 0 spiro atoms. The summed E-state index contributed by atoms with van der Waals surface area (Å²) in [5.74, 6) is -0.382. The SMILES string of the molecule is CCOC(=O)c1c(-c2cccnc2)cncc1-c1cccnc1. The molecule has 3 heterocycles. The minimum atomic E-state index is -0.382. The van der Waals surface area contributed by atoms with E-state index in [9.17, 15) is 4.79 Å². The smallest absolute Gasteiger partial charge is 0.339 e. The molecule has 0 aliphatic carbocycles. The van der Waals surface area contributed by atoms with Gasteiger partial charge in [0.15, 0.2) is 0 Å². The van der Waals surface area contributed by atoms with Crippen LogP contribution in [0.1, 0.15) is 17.3 Å². The molecule has 0 unspecified atom stereocenters. The van der Waals surface area contributed by atoms with Crippen molar-refractivity contribution < 1.29 is 9.53 Å². The van der Waals surface area contributed by atoms with Crippen LogP contribution in [0.25, 0.3) is 22.3 Å². The van der Waals surface area contributed by atoms with E-state index in [1.54, 1.807) is 44.1 Å². The van der Waals surface area contributed by atoms with Gasteiger partial charge in [-0.1, -0.05) is 12.1 Å². The molecular weight excluding hydrogens is 290 g/mol. The highest BCUT2D eigenvalue weighted by Gasteiger charge is 2.20. The lowest BCUT2D eigenvalue weighted by Crippen LogP contribution is -2.09. The Morgan fingerprint density at radius 3 is 1.91 bits per heavy atom. The molecular formula is C18H15N3O2. The quantitative estimate of drug-likeness (QED) is 0.691. The number of pyridine rings is 3. The van der Waals surface area contributed by atoms with Gasteiger partial charge in [-0.2, -0.15) is 0 Å². The molecule has 3 rings (SSSR count). The summed E-state index contributed by atoms with van der Waals surface area (Å²) in [6, 6.07) is 7.42. The van der Waals surface area contributed by atoms with E-state index >= 15 is 0 Å². The van der Waals surface area contributed by atoms with Crippen molar-refractivity contribution in [2.75, 3.05) is 6.61 Å². The van der Waals surface area contributed by atoms with Crippen molar-refractivity contribution >= 4 is 5.97 Å². The molecule has 0 atom stereocenters. The maximum absolute atomic E-state index is 12.5. The predicted octanol–water partition coefficient (Wildman–Crippen LogP) is 3.38. The number of rotatable bonds is 4. The molecule has 23 heavy (non-hydrogen) atoms. The first kappa shape index (κ1) is 14.8. The molecule has 114 valence electrons. The van der Waals surface area contributed by atoms with E-state index in [1.165, 1.54) is 0 Å². The molecule has 0 N–H and O–H groups in total. The Kier molecular flexibility index (Phi) is 4.38. The fourth-order valence-electron chi connectivity index (χ4n) is 2.37. The number of hydrogen-bond acceptors (Lipinski definition) is 5. The topological polar surface area (TPSA) is 65.0 Å². The van der Waals surface area contributed by atoms with Gasteiger partial charge in [0.2, 0.25) is 0 Å². The summed E-state index contributed by atoms with van der Waals surface area (Å²) in [6.07, 6.45) is 10.1. The lowest BCUT2D eigenvalue weighted by Gasteiger charge is -2.13. The van der Waals surface area contributed by atoms with Gasteiger partial charge in [0.1, 0.15) is 0 Å². The maximum Gasteiger partial charge on any atom is 0.339 e. The Labute approximate surface area is 134 Å². The Morgan fingerprint density at radius 2 is 1.48 bits per heavy atom. The van der Waals surface area contributed by atoms with Crippen LogP contribution in [0.3, 0.4) is 0 Å². The molecule has 3 aromatic rings. The third kappa shape index (κ3) is 3.08. The first-order valence-electron chi connectivity index (χ1n) is 7.27. The summed E-state index contributed by atoms with van der Waals surface area (Å²) < 4.78 is 5.24. The van der Waals surface area contributed by atoms with Crippen LogP contribution < -0.4 is 0 Å². The Hall–Kier alpha value is -3.08. The molecule has 0 aliphatic heterocycles. The van der Waals surface area contributed by atoms with Crippen LogP contribution in [0, 0.1) is 0 Å². The highest BCUT2D eigenvalue weighted by atomic mass is 16.5. The molecule has 0 bridgehead atoms. The molecule has 5 heteroatoms. The summed E-state index contributed by atoms with van der Waals surface area (Å²) in [4.78, 5) is 25.1. The van der Waals surface area contributed by atoms with E-state index in [-0.39, 0.29) is 5.97 Å². The van der Waals surface area contributed by atoms with Crippen LogP contribution in [0.5, 0.6) is 0 Å². The summed E-state index contributed by atoms with van der Waals surface area (Å²) >= 11 is 0. The van der Waals surface area contributed by atoms with Crippen LogP contribution in [-0.4, -0.2) is 27.5 Å². The Morgan fingerprint density at radius 1 is 0.913 bits per heavy atom. The number of nitrogens with zero attached hydrogens (tertiary/aromatic N) is 3. The maximum atomic E-state index is 12.5. The highest BCUT2D eigenvalue weighted by molar-refractivity contribution is 6.03. The second-order valence-electron chi connectivity index (χ2n) is 4.81. The lowest BCUT2D eigenvalue weighted by atomic mass is 9.96. The molecule has 0 fully saturated rings. The standard InChI is InChI=1S/C18H15N3O2/c1-2-23-18(22)17-15(13-5-3-7-19-9-13)11-21-12-16(17)14-6-4-8-20-10-14/h3-12H,2H2,1H3. The Bertz CT molecular complexity index is 747. The Balaban J connectivity index is 2.23. The fraction of sp³-hybridized carbons (Fsp3) is 0.111. The first-order valence-corrected chi connectivity index (χ1v) is 7.27. The van der Waals surface area contributed by atoms with E-state index in [4.69, 9.17) is 4.74 Å². The second kappa shape index (κ2) is 6.79. The van der Waals surface area contributed by atoms with E-state index < -0.39 is 0 Å². The van der Waals surface area contributed by atoms with Gasteiger partial charge in [0, 0.05) is 59.4 Å². The van der Waals surface area contributed by atoms with Crippen molar-refractivity contribution in [3.05, 3.63) is 67.0 Å². The fourth-order valence-corrected chi connectivity index (χ4v) is 2.37. The van der Waals surface area contributed by atoms with Gasteiger partial charge in [-0.25, -0.2) is 4.79 Å². The van der Waals surface area contributed by atoms with E-state index in [0.717, 1.165) is 11.1 Å². The zero-order valence-electron chi connectivity index (χ0n) is 12.6. The zero-order valence-corrected chi connectivity index (χ0v) is 12.6. The minimum Gasteiger partial charge on any atom is -0.462 e. The van der Waals surface area contributed by atoms with Gasteiger partial charge < -0.3 is 4.74 Å². The van der Waals surface area contributed by atoms with Gasteiger partial charge in [-0.05, 0) is 19.1 Å². The summed E-state index contributed by atoms with van der Waals surface area (Å²) in [6.45, 7) is 2.09. The van der Waals surface area contributed by atoms with Crippen LogP contribution in [0.15, 0.2) is 61.4 Å². The van der Waals surface area contributed by atoms with Crippen LogP contribution in [0.4, 0.5) is 0 Å². The number of hydrogen-bond donors (Lipinski definition) is 0. The molecule has 0 amide bonds. The van der Waals surface area contributed by atoms with E-state index in [2.05, 4.69) is 15.0 Å². The summed E-state index contributed by atoms with van der Waals surface area (Å²) in [7, 11) is 0. The van der Waals surface area contributed by atoms with Gasteiger partial charge in [0.25, 0.3) is 0 Å². The zero-order chi connectivity index (χ0) is 16.1. The minimum absolute atomic E-state index is 0.306. The molecule has 0 saturated carbocycles. The average molecular weight is 305 g/mol. The molecule has 3 aromatic heterocycles. The van der Waals surface area contributed by atoms with Crippen molar-refractivity contribution in [3.63, 3.8) is 0 Å².